The van der Waals surface area contributed by atoms with E-state index in [1.807, 2.05) is 23.0 Å². The fourth-order valence-corrected chi connectivity index (χ4v) is 3.14. The molecule has 2 aromatic rings. The smallest absolute Gasteiger partial charge is 0.220 e. The molecule has 128 valence electrons. The SMILES string of the molecule is O=C(CCCn1cccn1)N[C@@H]1CCCN(c2cccc(F)c2)C1. The van der Waals surface area contributed by atoms with Gasteiger partial charge in [0.2, 0.25) is 5.91 Å². The Labute approximate surface area is 141 Å². The molecule has 5 nitrogen and oxygen atoms in total. The van der Waals surface area contributed by atoms with Gasteiger partial charge >= 0.3 is 0 Å². The molecular weight excluding hydrogens is 307 g/mol. The topological polar surface area (TPSA) is 50.2 Å². The molecule has 1 fully saturated rings. The maximum absolute atomic E-state index is 13.4. The molecule has 1 amide bonds. The first kappa shape index (κ1) is 16.5. The van der Waals surface area contributed by atoms with Gasteiger partial charge in [0, 0.05) is 50.2 Å². The van der Waals surface area contributed by atoms with E-state index in [9.17, 15) is 9.18 Å². The summed E-state index contributed by atoms with van der Waals surface area (Å²) in [5, 5.41) is 7.24. The lowest BCUT2D eigenvalue weighted by atomic mass is 10.0. The molecule has 0 radical (unpaired) electrons. The summed E-state index contributed by atoms with van der Waals surface area (Å²) >= 11 is 0. The molecule has 1 aliphatic rings. The lowest BCUT2D eigenvalue weighted by Gasteiger charge is -2.34. The summed E-state index contributed by atoms with van der Waals surface area (Å²) in [5.41, 5.74) is 0.882. The van der Waals surface area contributed by atoms with Crippen LogP contribution in [0.4, 0.5) is 10.1 Å². The van der Waals surface area contributed by atoms with Gasteiger partial charge in [-0.25, -0.2) is 4.39 Å². The standard InChI is InChI=1S/C18H23FN4O/c19-15-5-1-7-17(13-15)22-10-2-6-16(14-22)21-18(24)8-3-11-23-12-4-9-20-23/h1,4-5,7,9,12-13,16H,2-3,6,8,10-11,14H2,(H,21,24)/t16-/m1/s1. The van der Waals surface area contributed by atoms with Crippen molar-refractivity contribution in [3.05, 3.63) is 48.5 Å². The number of hydrogen-bond acceptors (Lipinski definition) is 3. The van der Waals surface area contributed by atoms with Gasteiger partial charge in [0.1, 0.15) is 5.82 Å². The molecule has 1 aromatic heterocycles. The third-order valence-electron chi connectivity index (χ3n) is 4.31. The third kappa shape index (κ3) is 4.57. The molecule has 1 atom stereocenters. The highest BCUT2D eigenvalue weighted by Gasteiger charge is 2.21. The van der Waals surface area contributed by atoms with Crippen LogP contribution in [-0.2, 0) is 11.3 Å². The summed E-state index contributed by atoms with van der Waals surface area (Å²) in [6, 6.07) is 8.64. The molecule has 0 spiro atoms. The van der Waals surface area contributed by atoms with Crippen molar-refractivity contribution < 1.29 is 9.18 Å². The van der Waals surface area contributed by atoms with Gasteiger partial charge < -0.3 is 10.2 Å². The highest BCUT2D eigenvalue weighted by molar-refractivity contribution is 5.76. The van der Waals surface area contributed by atoms with Crippen molar-refractivity contribution in [3.8, 4) is 0 Å². The number of amides is 1. The van der Waals surface area contributed by atoms with Crippen LogP contribution in [0.3, 0.4) is 0 Å². The van der Waals surface area contributed by atoms with Crippen molar-refractivity contribution in [2.45, 2.75) is 38.3 Å². The number of carbonyl (C=O) groups is 1. The summed E-state index contributed by atoms with van der Waals surface area (Å²) in [5.74, 6) is -0.148. The van der Waals surface area contributed by atoms with Gasteiger partial charge in [0.15, 0.2) is 0 Å². The molecule has 3 rings (SSSR count). The summed E-state index contributed by atoms with van der Waals surface area (Å²) < 4.78 is 15.2. The molecule has 24 heavy (non-hydrogen) atoms. The fourth-order valence-electron chi connectivity index (χ4n) is 3.14. The zero-order chi connectivity index (χ0) is 16.8. The van der Waals surface area contributed by atoms with E-state index in [-0.39, 0.29) is 17.8 Å². The Kier molecular flexibility index (Phi) is 5.46. The van der Waals surface area contributed by atoms with Crippen LogP contribution < -0.4 is 10.2 Å². The average molecular weight is 330 g/mol. The monoisotopic (exact) mass is 330 g/mol. The van der Waals surface area contributed by atoms with Gasteiger partial charge in [-0.15, -0.1) is 0 Å². The summed E-state index contributed by atoms with van der Waals surface area (Å²) in [6.45, 7) is 2.38. The number of anilines is 1. The van der Waals surface area contributed by atoms with Crippen LogP contribution in [0, 0.1) is 5.82 Å². The van der Waals surface area contributed by atoms with Crippen LogP contribution in [-0.4, -0.2) is 34.8 Å². The van der Waals surface area contributed by atoms with Crippen molar-refractivity contribution in [2.24, 2.45) is 0 Å². The minimum atomic E-state index is -0.225. The van der Waals surface area contributed by atoms with E-state index < -0.39 is 0 Å². The first-order chi connectivity index (χ1) is 11.7. The first-order valence-electron chi connectivity index (χ1n) is 8.48. The zero-order valence-electron chi connectivity index (χ0n) is 13.7. The van der Waals surface area contributed by atoms with E-state index >= 15 is 0 Å². The number of nitrogens with one attached hydrogen (secondary N) is 1. The van der Waals surface area contributed by atoms with Crippen LogP contribution in [0.25, 0.3) is 0 Å². The molecule has 1 aromatic carbocycles. The number of halogens is 1. The van der Waals surface area contributed by atoms with Crippen LogP contribution in [0.1, 0.15) is 25.7 Å². The van der Waals surface area contributed by atoms with Gasteiger partial charge in [-0.3, -0.25) is 9.48 Å². The molecule has 1 aliphatic heterocycles. The van der Waals surface area contributed by atoms with Gasteiger partial charge in [-0.05, 0) is 43.5 Å². The van der Waals surface area contributed by atoms with Crippen molar-refractivity contribution in [1.82, 2.24) is 15.1 Å². The van der Waals surface area contributed by atoms with Crippen LogP contribution in [0.5, 0.6) is 0 Å². The lowest BCUT2D eigenvalue weighted by molar-refractivity contribution is -0.122. The first-order valence-corrected chi connectivity index (χ1v) is 8.48. The fraction of sp³-hybridized carbons (Fsp3) is 0.444. The number of hydrogen-bond donors (Lipinski definition) is 1. The minimum Gasteiger partial charge on any atom is -0.369 e. The van der Waals surface area contributed by atoms with Gasteiger partial charge in [-0.1, -0.05) is 6.07 Å². The van der Waals surface area contributed by atoms with Gasteiger partial charge in [0.25, 0.3) is 0 Å². The molecule has 0 bridgehead atoms. The summed E-state index contributed by atoms with van der Waals surface area (Å²) in [7, 11) is 0. The molecular formula is C18H23FN4O. The lowest BCUT2D eigenvalue weighted by Crippen LogP contribution is -2.47. The molecule has 2 heterocycles. The number of carbonyl (C=O) groups excluding carboxylic acids is 1. The molecule has 1 saturated heterocycles. The Bertz CT molecular complexity index is 659. The normalized spacial score (nSPS) is 17.7. The number of nitrogens with zero attached hydrogens (tertiary/aromatic N) is 3. The highest BCUT2D eigenvalue weighted by Crippen LogP contribution is 2.20. The Morgan fingerprint density at radius 3 is 3.08 bits per heavy atom. The van der Waals surface area contributed by atoms with E-state index in [2.05, 4.69) is 15.3 Å². The van der Waals surface area contributed by atoms with Crippen molar-refractivity contribution in [1.29, 1.82) is 0 Å². The van der Waals surface area contributed by atoms with E-state index in [1.165, 1.54) is 6.07 Å². The highest BCUT2D eigenvalue weighted by atomic mass is 19.1. The second kappa shape index (κ2) is 7.95. The third-order valence-corrected chi connectivity index (χ3v) is 4.31. The molecule has 0 aliphatic carbocycles. The second-order valence-corrected chi connectivity index (χ2v) is 6.21. The van der Waals surface area contributed by atoms with Crippen LogP contribution >= 0.6 is 0 Å². The average Bonchev–Trinajstić information content (AvgIpc) is 3.08. The Balaban J connectivity index is 1.45. The number of rotatable bonds is 6. The number of piperidine rings is 1. The van der Waals surface area contributed by atoms with E-state index in [0.717, 1.165) is 44.6 Å². The van der Waals surface area contributed by atoms with Crippen molar-refractivity contribution >= 4 is 11.6 Å². The van der Waals surface area contributed by atoms with Gasteiger partial charge in [0.05, 0.1) is 0 Å². The van der Waals surface area contributed by atoms with Crippen molar-refractivity contribution in [2.75, 3.05) is 18.0 Å². The molecule has 6 heteroatoms. The summed E-state index contributed by atoms with van der Waals surface area (Å²) in [4.78, 5) is 14.3. The van der Waals surface area contributed by atoms with Gasteiger partial charge in [-0.2, -0.15) is 5.10 Å². The number of aromatic nitrogens is 2. The molecule has 0 unspecified atom stereocenters. The number of aryl methyl sites for hydroxylation is 1. The summed E-state index contributed by atoms with van der Waals surface area (Å²) in [6.07, 6.45) is 6.87. The molecule has 1 N–H and O–H groups in total. The Morgan fingerprint density at radius 2 is 2.29 bits per heavy atom. The quantitative estimate of drug-likeness (QED) is 0.886. The zero-order valence-corrected chi connectivity index (χ0v) is 13.7. The largest absolute Gasteiger partial charge is 0.369 e. The van der Waals surface area contributed by atoms with E-state index in [1.54, 1.807) is 18.3 Å². The van der Waals surface area contributed by atoms with Crippen molar-refractivity contribution in [3.63, 3.8) is 0 Å². The Hall–Kier alpha value is -2.37. The van der Waals surface area contributed by atoms with E-state index in [0.29, 0.717) is 6.42 Å². The predicted molar refractivity (Wildman–Crippen MR) is 91.2 cm³/mol. The van der Waals surface area contributed by atoms with E-state index in [4.69, 9.17) is 0 Å². The number of benzene rings is 1. The maximum atomic E-state index is 13.4. The minimum absolute atomic E-state index is 0.0771. The van der Waals surface area contributed by atoms with Crippen LogP contribution in [0.15, 0.2) is 42.7 Å². The predicted octanol–water partition coefficient (Wildman–Crippen LogP) is 2.59. The molecule has 0 saturated carbocycles. The second-order valence-electron chi connectivity index (χ2n) is 6.21. The van der Waals surface area contributed by atoms with Crippen LogP contribution in [0.2, 0.25) is 0 Å². The Morgan fingerprint density at radius 1 is 1.38 bits per heavy atom. The maximum Gasteiger partial charge on any atom is 0.220 e.